The van der Waals surface area contributed by atoms with Crippen LogP contribution in [0.5, 0.6) is 0 Å². The summed E-state index contributed by atoms with van der Waals surface area (Å²) < 4.78 is 0. The molecule has 0 saturated carbocycles. The van der Waals surface area contributed by atoms with E-state index in [4.69, 9.17) is 0 Å². The summed E-state index contributed by atoms with van der Waals surface area (Å²) in [5.41, 5.74) is 0. The van der Waals surface area contributed by atoms with Gasteiger partial charge in [-0.2, -0.15) is 6.08 Å². The van der Waals surface area contributed by atoms with Gasteiger partial charge in [0, 0.05) is 17.1 Å². The molecule has 0 aromatic heterocycles. The van der Waals surface area contributed by atoms with Crippen molar-refractivity contribution in [2.75, 3.05) is 0 Å². The molecule has 64 valence electrons. The van der Waals surface area contributed by atoms with Crippen LogP contribution in [-0.4, -0.2) is 0 Å². The van der Waals surface area contributed by atoms with E-state index in [1.54, 1.807) is 0 Å². The van der Waals surface area contributed by atoms with E-state index in [1.165, 1.54) is 0 Å². The Balaban J connectivity index is 0.000000189. The summed E-state index contributed by atoms with van der Waals surface area (Å²) >= 11 is 0. The van der Waals surface area contributed by atoms with Crippen molar-refractivity contribution < 1.29 is 17.1 Å². The summed E-state index contributed by atoms with van der Waals surface area (Å²) in [6.07, 6.45) is 10.0. The van der Waals surface area contributed by atoms with E-state index >= 15 is 0 Å². The topological polar surface area (TPSA) is 0 Å². The second-order valence-corrected chi connectivity index (χ2v) is 2.16. The van der Waals surface area contributed by atoms with Crippen LogP contribution in [0, 0.1) is 6.08 Å². The van der Waals surface area contributed by atoms with Crippen molar-refractivity contribution in [1.29, 1.82) is 0 Å². The van der Waals surface area contributed by atoms with Gasteiger partial charge in [-0.15, -0.1) is 6.42 Å². The molecule has 12 heavy (non-hydrogen) atoms. The summed E-state index contributed by atoms with van der Waals surface area (Å²) in [6.45, 7) is 0. The van der Waals surface area contributed by atoms with Crippen LogP contribution >= 0.6 is 0 Å². The number of benzene rings is 1. The molecule has 0 spiro atoms. The fourth-order valence-corrected chi connectivity index (χ4v) is 0.725. The predicted molar refractivity (Wildman–Crippen MR) is 48.0 cm³/mol. The summed E-state index contributed by atoms with van der Waals surface area (Å²) in [7, 11) is 0. The van der Waals surface area contributed by atoms with E-state index in [9.17, 15) is 0 Å². The van der Waals surface area contributed by atoms with E-state index in [1.807, 2.05) is 48.6 Å². The Morgan fingerprint density at radius 3 is 1.50 bits per heavy atom. The van der Waals surface area contributed by atoms with E-state index in [0.29, 0.717) is 0 Å². The van der Waals surface area contributed by atoms with Crippen LogP contribution in [-0.2, 0) is 17.1 Å². The molecule has 1 aromatic rings. The third-order valence-electron chi connectivity index (χ3n) is 1.25. The number of allylic oxidation sites excluding steroid dienone is 4. The third-order valence-corrected chi connectivity index (χ3v) is 1.25. The zero-order chi connectivity index (χ0) is 7.78. The molecular formula is C11H11Fe-. The van der Waals surface area contributed by atoms with E-state index in [-0.39, 0.29) is 17.1 Å². The summed E-state index contributed by atoms with van der Waals surface area (Å²) in [4.78, 5) is 0. The molecule has 0 radical (unpaired) electrons. The van der Waals surface area contributed by atoms with E-state index in [0.717, 1.165) is 6.42 Å². The van der Waals surface area contributed by atoms with Gasteiger partial charge in [-0.1, -0.05) is 36.4 Å². The Morgan fingerprint density at radius 1 is 0.833 bits per heavy atom. The van der Waals surface area contributed by atoms with Crippen molar-refractivity contribution in [1.82, 2.24) is 0 Å². The Bertz CT molecular complexity index is 187. The molecule has 0 aliphatic heterocycles. The normalized spacial score (nSPS) is 11.3. The number of rotatable bonds is 0. The fraction of sp³-hybridized carbons (Fsp3) is 0.0909. The van der Waals surface area contributed by atoms with Gasteiger partial charge in [-0.3, -0.25) is 6.08 Å². The Kier molecular flexibility index (Phi) is 7.78. The second kappa shape index (κ2) is 8.32. The first kappa shape index (κ1) is 11.2. The molecule has 0 fully saturated rings. The number of hydrogen-bond donors (Lipinski definition) is 0. The monoisotopic (exact) mass is 199 g/mol. The molecule has 0 nitrogen and oxygen atoms in total. The van der Waals surface area contributed by atoms with E-state index in [2.05, 4.69) is 12.2 Å². The molecule has 1 aliphatic rings. The zero-order valence-electron chi connectivity index (χ0n) is 6.76. The molecule has 0 bridgehead atoms. The minimum absolute atomic E-state index is 0. The first-order valence-electron chi connectivity index (χ1n) is 3.72. The standard InChI is InChI=1S/C6H6.C5H5.Fe/c1-2-4-6-5-3-1;1-2-4-5-3-1;/h1-6H;1-3H,4H2;/q;-1;. The van der Waals surface area contributed by atoms with Crippen LogP contribution in [0.1, 0.15) is 6.42 Å². The first-order chi connectivity index (χ1) is 5.50. The minimum atomic E-state index is 0. The van der Waals surface area contributed by atoms with Crippen molar-refractivity contribution in [2.24, 2.45) is 0 Å². The van der Waals surface area contributed by atoms with Crippen molar-refractivity contribution in [2.45, 2.75) is 6.42 Å². The van der Waals surface area contributed by atoms with Gasteiger partial charge in [-0.25, -0.2) is 12.2 Å². The van der Waals surface area contributed by atoms with Gasteiger partial charge in [0.05, 0.1) is 0 Å². The summed E-state index contributed by atoms with van der Waals surface area (Å²) in [5, 5.41) is 0. The van der Waals surface area contributed by atoms with Crippen molar-refractivity contribution >= 4 is 0 Å². The SMILES string of the molecule is [C-]1=CC=CC1.[Fe].c1ccccc1. The van der Waals surface area contributed by atoms with Crippen LogP contribution in [0.2, 0.25) is 0 Å². The van der Waals surface area contributed by atoms with Crippen molar-refractivity contribution in [3.63, 3.8) is 0 Å². The maximum absolute atomic E-state index is 2.99. The van der Waals surface area contributed by atoms with Gasteiger partial charge in [0.15, 0.2) is 0 Å². The third kappa shape index (κ3) is 5.96. The van der Waals surface area contributed by atoms with Gasteiger partial charge in [-0.05, 0) is 0 Å². The van der Waals surface area contributed by atoms with Gasteiger partial charge in [0.1, 0.15) is 0 Å². The maximum atomic E-state index is 2.99. The molecule has 2 rings (SSSR count). The minimum Gasteiger partial charge on any atom is -0.273 e. The van der Waals surface area contributed by atoms with Gasteiger partial charge >= 0.3 is 0 Å². The zero-order valence-corrected chi connectivity index (χ0v) is 7.86. The largest absolute Gasteiger partial charge is 0.273 e. The van der Waals surface area contributed by atoms with Gasteiger partial charge < -0.3 is 0 Å². The Labute approximate surface area is 84.5 Å². The molecule has 0 N–H and O–H groups in total. The molecular weight excluding hydrogens is 188 g/mol. The van der Waals surface area contributed by atoms with Crippen LogP contribution in [0.3, 0.4) is 0 Å². The van der Waals surface area contributed by atoms with Gasteiger partial charge in [0.2, 0.25) is 0 Å². The maximum Gasteiger partial charge on any atom is 0 e. The predicted octanol–water partition coefficient (Wildman–Crippen LogP) is 2.99. The van der Waals surface area contributed by atoms with Crippen LogP contribution < -0.4 is 0 Å². The molecule has 1 aliphatic carbocycles. The molecule has 1 heteroatoms. The first-order valence-corrected chi connectivity index (χ1v) is 3.72. The Hall–Kier alpha value is -0.781. The van der Waals surface area contributed by atoms with Crippen molar-refractivity contribution in [3.8, 4) is 0 Å². The van der Waals surface area contributed by atoms with Crippen molar-refractivity contribution in [3.05, 3.63) is 60.7 Å². The summed E-state index contributed by atoms with van der Waals surface area (Å²) in [6, 6.07) is 12.0. The molecule has 0 unspecified atom stereocenters. The average Bonchev–Trinajstić information content (AvgIpc) is 2.64. The average molecular weight is 199 g/mol. The van der Waals surface area contributed by atoms with E-state index < -0.39 is 0 Å². The molecule has 0 heterocycles. The smallest absolute Gasteiger partial charge is 0 e. The fourth-order valence-electron chi connectivity index (χ4n) is 0.725. The molecule has 0 atom stereocenters. The number of hydrogen-bond acceptors (Lipinski definition) is 0. The van der Waals surface area contributed by atoms with Crippen LogP contribution in [0.4, 0.5) is 0 Å². The summed E-state index contributed by atoms with van der Waals surface area (Å²) in [5.74, 6) is 0. The van der Waals surface area contributed by atoms with Crippen LogP contribution in [0.15, 0.2) is 54.6 Å². The second-order valence-electron chi connectivity index (χ2n) is 2.16. The molecule has 0 saturated heterocycles. The molecule has 0 amide bonds. The van der Waals surface area contributed by atoms with Crippen LogP contribution in [0.25, 0.3) is 0 Å². The quantitative estimate of drug-likeness (QED) is 0.445. The molecule has 1 aromatic carbocycles. The Morgan fingerprint density at radius 2 is 1.33 bits per heavy atom. The van der Waals surface area contributed by atoms with Gasteiger partial charge in [0.25, 0.3) is 0 Å².